The molecule has 0 aromatic heterocycles. The Morgan fingerprint density at radius 2 is 1.68 bits per heavy atom. The number of alkyl halides is 5. The fraction of sp³-hybridized carbons (Fsp3) is 0.680. The summed E-state index contributed by atoms with van der Waals surface area (Å²) in [6.07, 6.45) is -8.89. The molecule has 216 valence electrons. The molecule has 1 N–H and O–H groups in total. The number of carbonyl (C=O) groups is 2. The van der Waals surface area contributed by atoms with Gasteiger partial charge in [0.25, 0.3) is 0 Å². The predicted molar refractivity (Wildman–Crippen MR) is 125 cm³/mol. The number of amides is 1. The maximum atomic E-state index is 13.0. The van der Waals surface area contributed by atoms with Crippen molar-refractivity contribution in [1.29, 1.82) is 0 Å². The molecule has 0 radical (unpaired) electrons. The third kappa shape index (κ3) is 10.6. The fourth-order valence-corrected chi connectivity index (χ4v) is 3.86. The average molecular weight is 556 g/mol. The summed E-state index contributed by atoms with van der Waals surface area (Å²) in [4.78, 5) is 25.1. The lowest BCUT2D eigenvalue weighted by atomic mass is 9.98. The van der Waals surface area contributed by atoms with E-state index in [0.717, 1.165) is 19.3 Å². The quantitative estimate of drug-likeness (QED) is 0.228. The van der Waals surface area contributed by atoms with Crippen molar-refractivity contribution in [3.8, 4) is 5.75 Å². The van der Waals surface area contributed by atoms with E-state index in [1.807, 2.05) is 0 Å². The second-order valence-electron chi connectivity index (χ2n) is 8.83. The average Bonchev–Trinajstić information content (AvgIpc) is 2.86. The van der Waals surface area contributed by atoms with E-state index >= 15 is 0 Å². The zero-order chi connectivity index (χ0) is 28.2. The van der Waals surface area contributed by atoms with Crippen LogP contribution >= 0.6 is 0 Å². The number of carbonyl (C=O) groups excluding carboxylic acids is 1. The van der Waals surface area contributed by atoms with E-state index in [1.54, 1.807) is 31.2 Å². The number of rotatable bonds is 15. The lowest BCUT2D eigenvalue weighted by Crippen LogP contribution is -2.41. The topological polar surface area (TPSA) is 94.5 Å². The van der Waals surface area contributed by atoms with Gasteiger partial charge in [0.1, 0.15) is 18.5 Å². The summed E-state index contributed by atoms with van der Waals surface area (Å²) < 4.78 is 82.9. The van der Waals surface area contributed by atoms with Gasteiger partial charge in [-0.15, -0.1) is 0 Å². The Morgan fingerprint density at radius 1 is 1.03 bits per heavy atom. The molecule has 1 aliphatic carbocycles. The van der Waals surface area contributed by atoms with Crippen LogP contribution in [0.5, 0.6) is 5.75 Å². The molecule has 0 spiro atoms. The number of ether oxygens (including phenoxy) is 4. The molecule has 2 rings (SSSR count). The van der Waals surface area contributed by atoms with Gasteiger partial charge in [0, 0.05) is 19.6 Å². The summed E-state index contributed by atoms with van der Waals surface area (Å²) in [6, 6.07) is 6.60. The molecule has 0 aliphatic heterocycles. The van der Waals surface area contributed by atoms with Crippen LogP contribution < -0.4 is 4.74 Å². The van der Waals surface area contributed by atoms with Crippen LogP contribution in [0.15, 0.2) is 24.3 Å². The highest BCUT2D eigenvalue weighted by Crippen LogP contribution is 2.36. The highest BCUT2D eigenvalue weighted by atomic mass is 19.4. The van der Waals surface area contributed by atoms with Gasteiger partial charge in [-0.05, 0) is 56.7 Å². The molecule has 1 amide bonds. The summed E-state index contributed by atoms with van der Waals surface area (Å²) in [5.74, 6) is -0.634. The van der Waals surface area contributed by atoms with E-state index < -0.39 is 37.1 Å². The molecule has 1 saturated carbocycles. The molecule has 1 unspecified atom stereocenters. The standard InChI is InChI=1S/C25H34F5NO7/c1-2-35-21(22(32)33)17-18-9-11-19(12-10-18)36-16-14-31(23(34)38-20-7-4-3-5-8-20)13-6-15-37-25(29,30)24(26,27)28/h9-12,20-21H,2-8,13-17H2,1H3,(H,32,33). The number of benzene rings is 1. The van der Waals surface area contributed by atoms with Crippen molar-refractivity contribution < 1.29 is 55.6 Å². The highest BCUT2D eigenvalue weighted by Gasteiger charge is 2.59. The van der Waals surface area contributed by atoms with Gasteiger partial charge >= 0.3 is 24.3 Å². The summed E-state index contributed by atoms with van der Waals surface area (Å²) in [7, 11) is 0. The van der Waals surface area contributed by atoms with Crippen LogP contribution in [0.3, 0.4) is 0 Å². The first-order chi connectivity index (χ1) is 17.9. The van der Waals surface area contributed by atoms with Crippen LogP contribution in [-0.4, -0.2) is 79.5 Å². The molecule has 38 heavy (non-hydrogen) atoms. The van der Waals surface area contributed by atoms with E-state index in [0.29, 0.717) is 24.2 Å². The normalized spacial score (nSPS) is 15.6. The maximum absolute atomic E-state index is 13.0. The van der Waals surface area contributed by atoms with Crippen molar-refractivity contribution in [2.45, 2.75) is 76.4 Å². The van der Waals surface area contributed by atoms with E-state index in [4.69, 9.17) is 14.2 Å². The van der Waals surface area contributed by atoms with Crippen LogP contribution in [0.25, 0.3) is 0 Å². The van der Waals surface area contributed by atoms with Crippen molar-refractivity contribution >= 4 is 12.1 Å². The maximum Gasteiger partial charge on any atom is 0.482 e. The monoisotopic (exact) mass is 555 g/mol. The zero-order valence-electron chi connectivity index (χ0n) is 21.2. The minimum absolute atomic E-state index is 0.00459. The molecule has 1 aromatic rings. The summed E-state index contributed by atoms with van der Waals surface area (Å²) in [5.41, 5.74) is 0.714. The van der Waals surface area contributed by atoms with Crippen molar-refractivity contribution in [3.05, 3.63) is 29.8 Å². The van der Waals surface area contributed by atoms with Gasteiger partial charge in [-0.1, -0.05) is 18.6 Å². The van der Waals surface area contributed by atoms with Crippen molar-refractivity contribution in [2.75, 3.05) is 32.9 Å². The number of carboxylic acid groups (broad SMARTS) is 1. The lowest BCUT2D eigenvalue weighted by molar-refractivity contribution is -0.391. The molecule has 0 bridgehead atoms. The lowest BCUT2D eigenvalue weighted by Gasteiger charge is -2.27. The fourth-order valence-electron chi connectivity index (χ4n) is 3.86. The molecule has 1 aromatic carbocycles. The van der Waals surface area contributed by atoms with Gasteiger partial charge in [-0.3, -0.25) is 0 Å². The first-order valence-electron chi connectivity index (χ1n) is 12.5. The molecule has 13 heteroatoms. The highest BCUT2D eigenvalue weighted by molar-refractivity contribution is 5.72. The Kier molecular flexibility index (Phi) is 12.5. The first kappa shape index (κ1) is 31.5. The number of carboxylic acids is 1. The van der Waals surface area contributed by atoms with E-state index in [1.165, 1.54) is 4.90 Å². The molecule has 1 fully saturated rings. The van der Waals surface area contributed by atoms with Crippen LogP contribution in [0.2, 0.25) is 0 Å². The van der Waals surface area contributed by atoms with Crippen LogP contribution in [0.1, 0.15) is 51.0 Å². The Morgan fingerprint density at radius 3 is 2.26 bits per heavy atom. The van der Waals surface area contributed by atoms with E-state index in [-0.39, 0.29) is 45.2 Å². The third-order valence-electron chi connectivity index (χ3n) is 5.88. The third-order valence-corrected chi connectivity index (χ3v) is 5.88. The number of halogens is 5. The molecule has 0 saturated heterocycles. The largest absolute Gasteiger partial charge is 0.492 e. The number of aliphatic carboxylic acids is 1. The smallest absolute Gasteiger partial charge is 0.482 e. The van der Waals surface area contributed by atoms with Crippen molar-refractivity contribution in [3.63, 3.8) is 0 Å². The number of hydrogen-bond acceptors (Lipinski definition) is 6. The number of nitrogens with zero attached hydrogens (tertiary/aromatic N) is 1. The summed E-state index contributed by atoms with van der Waals surface area (Å²) in [6.45, 7) is 0.862. The van der Waals surface area contributed by atoms with Gasteiger partial charge in [0.15, 0.2) is 6.10 Å². The van der Waals surface area contributed by atoms with E-state index in [2.05, 4.69) is 4.74 Å². The number of hydrogen-bond donors (Lipinski definition) is 1. The predicted octanol–water partition coefficient (Wildman–Crippen LogP) is 5.43. The van der Waals surface area contributed by atoms with Crippen LogP contribution in [0, 0.1) is 0 Å². The SMILES string of the molecule is CCOC(Cc1ccc(OCCN(CCCOC(F)(F)C(F)(F)F)C(=O)OC2CCCCC2)cc1)C(=O)O. The Bertz CT molecular complexity index is 861. The summed E-state index contributed by atoms with van der Waals surface area (Å²) >= 11 is 0. The zero-order valence-corrected chi connectivity index (χ0v) is 21.2. The first-order valence-corrected chi connectivity index (χ1v) is 12.5. The van der Waals surface area contributed by atoms with Gasteiger partial charge in [-0.2, -0.15) is 22.0 Å². The second-order valence-corrected chi connectivity index (χ2v) is 8.83. The van der Waals surface area contributed by atoms with Gasteiger partial charge < -0.3 is 29.0 Å². The second kappa shape index (κ2) is 15.1. The molecule has 8 nitrogen and oxygen atoms in total. The van der Waals surface area contributed by atoms with Gasteiger partial charge in [0.2, 0.25) is 0 Å². The Labute approximate surface area is 218 Å². The van der Waals surface area contributed by atoms with Crippen molar-refractivity contribution in [1.82, 2.24) is 4.90 Å². The van der Waals surface area contributed by atoms with E-state index in [9.17, 15) is 36.6 Å². The summed E-state index contributed by atoms with van der Waals surface area (Å²) in [5, 5.41) is 9.20. The van der Waals surface area contributed by atoms with Crippen LogP contribution in [0.4, 0.5) is 26.7 Å². The molecular weight excluding hydrogens is 521 g/mol. The van der Waals surface area contributed by atoms with Crippen LogP contribution in [-0.2, 0) is 25.4 Å². The van der Waals surface area contributed by atoms with Gasteiger partial charge in [0.05, 0.1) is 13.2 Å². The molecule has 1 atom stereocenters. The Hall–Kier alpha value is -2.67. The molecular formula is C25H34F5NO7. The minimum Gasteiger partial charge on any atom is -0.492 e. The molecule has 1 aliphatic rings. The molecule has 0 heterocycles. The van der Waals surface area contributed by atoms with Gasteiger partial charge in [-0.25, -0.2) is 9.59 Å². The minimum atomic E-state index is -5.83. The Balaban J connectivity index is 1.90. The van der Waals surface area contributed by atoms with Crippen molar-refractivity contribution in [2.24, 2.45) is 0 Å².